The number of aryl methyl sites for hydroxylation is 1. The van der Waals surface area contributed by atoms with Crippen molar-refractivity contribution in [2.45, 2.75) is 20.4 Å². The second-order valence-corrected chi connectivity index (χ2v) is 5.42. The molecule has 136 valence electrons. The second-order valence-electron chi connectivity index (χ2n) is 5.42. The molecule has 2 aromatic rings. The van der Waals surface area contributed by atoms with Crippen LogP contribution in [0.15, 0.2) is 28.0 Å². The first-order valence-corrected chi connectivity index (χ1v) is 8.10. The Morgan fingerprint density at radius 1 is 1.24 bits per heavy atom. The van der Waals surface area contributed by atoms with Gasteiger partial charge in [-0.25, -0.2) is 15.0 Å². The molecule has 9 nitrogen and oxygen atoms in total. The average Bonchev–Trinajstić information content (AvgIpc) is 3.05. The van der Waals surface area contributed by atoms with Crippen molar-refractivity contribution in [1.82, 2.24) is 30.3 Å². The molecule has 0 spiro atoms. The van der Waals surface area contributed by atoms with E-state index in [1.165, 1.54) is 0 Å². The van der Waals surface area contributed by atoms with Crippen LogP contribution in [0.1, 0.15) is 18.6 Å². The number of hydrogen-bond donors (Lipinski definition) is 1. The molecular weight excluding hydrogens is 435 g/mol. The first kappa shape index (κ1) is 19.3. The van der Waals surface area contributed by atoms with Crippen LogP contribution in [-0.4, -0.2) is 63.7 Å². The third-order valence-electron chi connectivity index (χ3n) is 3.69. The lowest BCUT2D eigenvalue weighted by Crippen LogP contribution is -2.53. The molecule has 3 heterocycles. The Kier molecular flexibility index (Phi) is 7.34. The fourth-order valence-corrected chi connectivity index (χ4v) is 2.55. The van der Waals surface area contributed by atoms with Gasteiger partial charge in [-0.05, 0) is 13.0 Å². The van der Waals surface area contributed by atoms with Gasteiger partial charge in [0.2, 0.25) is 11.8 Å². The lowest BCUT2D eigenvalue weighted by molar-refractivity contribution is 0.369. The molecular formula is C15H23IN8O. The van der Waals surface area contributed by atoms with Gasteiger partial charge < -0.3 is 19.6 Å². The highest BCUT2D eigenvalue weighted by molar-refractivity contribution is 14.0. The van der Waals surface area contributed by atoms with Gasteiger partial charge in [0, 0.05) is 52.0 Å². The average molecular weight is 458 g/mol. The first-order chi connectivity index (χ1) is 11.8. The Morgan fingerprint density at radius 3 is 2.56 bits per heavy atom. The Labute approximate surface area is 164 Å². The van der Waals surface area contributed by atoms with Gasteiger partial charge in [-0.1, -0.05) is 5.16 Å². The van der Waals surface area contributed by atoms with Crippen molar-refractivity contribution in [3.63, 3.8) is 0 Å². The van der Waals surface area contributed by atoms with Crippen molar-refractivity contribution in [3.05, 3.63) is 30.2 Å². The van der Waals surface area contributed by atoms with Crippen LogP contribution in [0.2, 0.25) is 0 Å². The van der Waals surface area contributed by atoms with Crippen LogP contribution >= 0.6 is 24.0 Å². The van der Waals surface area contributed by atoms with Gasteiger partial charge in [0.25, 0.3) is 0 Å². The Morgan fingerprint density at radius 2 is 1.96 bits per heavy atom. The summed E-state index contributed by atoms with van der Waals surface area (Å²) in [6, 6.07) is 1.83. The van der Waals surface area contributed by atoms with E-state index < -0.39 is 0 Å². The maximum Gasteiger partial charge on any atom is 0.225 e. The summed E-state index contributed by atoms with van der Waals surface area (Å²) in [5.41, 5.74) is 0. The molecule has 1 N–H and O–H groups in total. The fourth-order valence-electron chi connectivity index (χ4n) is 2.55. The minimum atomic E-state index is 0. The smallest absolute Gasteiger partial charge is 0.225 e. The minimum Gasteiger partial charge on any atom is -0.357 e. The molecule has 0 saturated carbocycles. The monoisotopic (exact) mass is 458 g/mol. The van der Waals surface area contributed by atoms with Crippen LogP contribution < -0.4 is 10.2 Å². The van der Waals surface area contributed by atoms with Crippen molar-refractivity contribution in [1.29, 1.82) is 0 Å². The van der Waals surface area contributed by atoms with Crippen LogP contribution in [0.4, 0.5) is 5.95 Å². The predicted molar refractivity (Wildman–Crippen MR) is 105 cm³/mol. The second kappa shape index (κ2) is 9.49. The number of aromatic nitrogens is 4. The normalized spacial score (nSPS) is 15.0. The molecule has 0 aliphatic carbocycles. The zero-order chi connectivity index (χ0) is 16.8. The number of rotatable bonds is 4. The maximum absolute atomic E-state index is 4.98. The van der Waals surface area contributed by atoms with E-state index >= 15 is 0 Å². The van der Waals surface area contributed by atoms with E-state index in [1.54, 1.807) is 19.3 Å². The predicted octanol–water partition coefficient (Wildman–Crippen LogP) is 1.07. The summed E-state index contributed by atoms with van der Waals surface area (Å²) in [5.74, 6) is 2.80. The summed E-state index contributed by atoms with van der Waals surface area (Å²) < 4.78 is 4.98. The highest BCUT2D eigenvalue weighted by Crippen LogP contribution is 2.10. The van der Waals surface area contributed by atoms with Crippen LogP contribution in [0, 0.1) is 6.92 Å². The topological polar surface area (TPSA) is 95.6 Å². The van der Waals surface area contributed by atoms with E-state index in [9.17, 15) is 0 Å². The van der Waals surface area contributed by atoms with Gasteiger partial charge in [0.05, 0.1) is 0 Å². The van der Waals surface area contributed by atoms with E-state index in [0.717, 1.165) is 44.6 Å². The van der Waals surface area contributed by atoms with Crippen molar-refractivity contribution < 1.29 is 4.52 Å². The molecule has 25 heavy (non-hydrogen) atoms. The summed E-state index contributed by atoms with van der Waals surface area (Å²) in [5, 5.41) is 7.20. The number of nitrogens with one attached hydrogen (secondary N) is 1. The third-order valence-corrected chi connectivity index (χ3v) is 3.69. The minimum absolute atomic E-state index is 0. The van der Waals surface area contributed by atoms with Crippen molar-refractivity contribution >= 4 is 35.9 Å². The van der Waals surface area contributed by atoms with Crippen LogP contribution in [0.3, 0.4) is 0 Å². The van der Waals surface area contributed by atoms with Gasteiger partial charge in [-0.15, -0.1) is 24.0 Å². The quantitative estimate of drug-likeness (QED) is 0.413. The van der Waals surface area contributed by atoms with E-state index in [0.29, 0.717) is 18.3 Å². The van der Waals surface area contributed by atoms with Crippen LogP contribution in [0.5, 0.6) is 0 Å². The van der Waals surface area contributed by atoms with E-state index in [-0.39, 0.29) is 24.0 Å². The van der Waals surface area contributed by atoms with E-state index in [1.807, 2.05) is 6.07 Å². The van der Waals surface area contributed by atoms with Gasteiger partial charge in [0.1, 0.15) is 6.54 Å². The molecule has 0 atom stereocenters. The first-order valence-electron chi connectivity index (χ1n) is 8.10. The third kappa shape index (κ3) is 5.25. The number of piperazine rings is 1. The molecule has 1 saturated heterocycles. The van der Waals surface area contributed by atoms with Gasteiger partial charge >= 0.3 is 0 Å². The molecule has 3 rings (SSSR count). The zero-order valence-corrected chi connectivity index (χ0v) is 16.8. The summed E-state index contributed by atoms with van der Waals surface area (Å²) in [4.78, 5) is 21.8. The summed E-state index contributed by atoms with van der Waals surface area (Å²) in [6.07, 6.45) is 3.54. The van der Waals surface area contributed by atoms with Gasteiger partial charge in [-0.3, -0.25) is 0 Å². The molecule has 2 aromatic heterocycles. The van der Waals surface area contributed by atoms with Crippen molar-refractivity contribution in [2.24, 2.45) is 4.99 Å². The number of nitrogens with zero attached hydrogens (tertiary/aromatic N) is 7. The Bertz CT molecular complexity index is 669. The van der Waals surface area contributed by atoms with Crippen molar-refractivity contribution in [3.8, 4) is 0 Å². The van der Waals surface area contributed by atoms with E-state index in [4.69, 9.17) is 4.52 Å². The Hall–Kier alpha value is -1.98. The van der Waals surface area contributed by atoms with Gasteiger partial charge in [-0.2, -0.15) is 4.98 Å². The fraction of sp³-hybridized carbons (Fsp3) is 0.533. The molecule has 0 radical (unpaired) electrons. The Balaban J connectivity index is 0.00000225. The van der Waals surface area contributed by atoms with Crippen molar-refractivity contribution in [2.75, 3.05) is 37.6 Å². The lowest BCUT2D eigenvalue weighted by Gasteiger charge is -2.36. The highest BCUT2D eigenvalue weighted by Gasteiger charge is 2.21. The molecule has 1 aliphatic heterocycles. The van der Waals surface area contributed by atoms with Crippen LogP contribution in [-0.2, 0) is 6.54 Å². The number of anilines is 1. The number of halogens is 1. The van der Waals surface area contributed by atoms with E-state index in [2.05, 4.69) is 47.1 Å². The molecule has 1 fully saturated rings. The molecule has 1 aliphatic rings. The van der Waals surface area contributed by atoms with Gasteiger partial charge in [0.15, 0.2) is 11.8 Å². The summed E-state index contributed by atoms with van der Waals surface area (Å²) in [7, 11) is 0. The standard InChI is InChI=1S/C15H22N8O.HI/c1-3-16-14(19-11-13-20-12(2)24-21-13)22-7-9-23(10-8-22)15-17-5-4-6-18-15;/h4-6H,3,7-11H2,1-2H3,(H,16,19);1H. The number of aliphatic imine (C=N–C) groups is 1. The largest absolute Gasteiger partial charge is 0.357 e. The molecule has 0 unspecified atom stereocenters. The zero-order valence-electron chi connectivity index (χ0n) is 14.4. The molecule has 0 amide bonds. The lowest BCUT2D eigenvalue weighted by atomic mass is 10.3. The summed E-state index contributed by atoms with van der Waals surface area (Å²) in [6.45, 7) is 8.47. The van der Waals surface area contributed by atoms with Crippen LogP contribution in [0.25, 0.3) is 0 Å². The SMILES string of the molecule is CCNC(=NCc1noc(C)n1)N1CCN(c2ncccn2)CC1.I. The number of hydrogen-bond acceptors (Lipinski definition) is 7. The number of guanidine groups is 1. The summed E-state index contributed by atoms with van der Waals surface area (Å²) >= 11 is 0. The molecule has 0 aromatic carbocycles. The highest BCUT2D eigenvalue weighted by atomic mass is 127. The maximum atomic E-state index is 4.98. The molecule has 10 heteroatoms. The molecule has 0 bridgehead atoms.